The van der Waals surface area contributed by atoms with E-state index in [1.807, 2.05) is 0 Å². The molecular formula is C17H14Cl3NO4. The molecule has 0 saturated carbocycles. The van der Waals surface area contributed by atoms with Crippen LogP contribution in [0.4, 0.5) is 5.69 Å². The van der Waals surface area contributed by atoms with E-state index in [1.165, 1.54) is 13.2 Å². The molecular weight excluding hydrogens is 389 g/mol. The van der Waals surface area contributed by atoms with Gasteiger partial charge in [0.25, 0.3) is 5.91 Å². The SMILES string of the molecule is COc1cc(Cl)c(C)cc1NC(=O)COC(=O)c1cccc(Cl)c1Cl. The summed E-state index contributed by atoms with van der Waals surface area (Å²) in [6.45, 7) is 1.30. The molecule has 0 heterocycles. The summed E-state index contributed by atoms with van der Waals surface area (Å²) in [5.41, 5.74) is 1.27. The molecule has 0 aromatic heterocycles. The van der Waals surface area contributed by atoms with E-state index in [0.29, 0.717) is 16.5 Å². The lowest BCUT2D eigenvalue weighted by molar-refractivity contribution is -0.119. The van der Waals surface area contributed by atoms with Gasteiger partial charge in [-0.05, 0) is 30.7 Å². The Labute approximate surface area is 159 Å². The highest BCUT2D eigenvalue weighted by Gasteiger charge is 2.16. The van der Waals surface area contributed by atoms with Gasteiger partial charge in [0.05, 0.1) is 28.4 Å². The van der Waals surface area contributed by atoms with Gasteiger partial charge < -0.3 is 14.8 Å². The third-order valence-corrected chi connectivity index (χ3v) is 4.49. The number of anilines is 1. The Morgan fingerprint density at radius 2 is 1.84 bits per heavy atom. The van der Waals surface area contributed by atoms with Crippen molar-refractivity contribution in [2.45, 2.75) is 6.92 Å². The Bertz CT molecular complexity index is 824. The smallest absolute Gasteiger partial charge is 0.340 e. The molecule has 0 radical (unpaired) electrons. The van der Waals surface area contributed by atoms with Gasteiger partial charge in [0.2, 0.25) is 0 Å². The van der Waals surface area contributed by atoms with E-state index in [-0.39, 0.29) is 15.6 Å². The zero-order valence-electron chi connectivity index (χ0n) is 13.4. The van der Waals surface area contributed by atoms with Crippen LogP contribution in [0.5, 0.6) is 5.75 Å². The zero-order valence-corrected chi connectivity index (χ0v) is 15.6. The number of hydrogen-bond acceptors (Lipinski definition) is 4. The fraction of sp³-hybridized carbons (Fsp3) is 0.176. The minimum absolute atomic E-state index is 0.0737. The van der Waals surface area contributed by atoms with E-state index in [4.69, 9.17) is 44.3 Å². The predicted molar refractivity (Wildman–Crippen MR) is 98.1 cm³/mol. The first-order valence-electron chi connectivity index (χ1n) is 7.08. The fourth-order valence-electron chi connectivity index (χ4n) is 1.99. The van der Waals surface area contributed by atoms with Crippen LogP contribution in [0.1, 0.15) is 15.9 Å². The summed E-state index contributed by atoms with van der Waals surface area (Å²) < 4.78 is 10.1. The van der Waals surface area contributed by atoms with Crippen molar-refractivity contribution >= 4 is 52.4 Å². The maximum absolute atomic E-state index is 12.0. The van der Waals surface area contributed by atoms with Crippen molar-refractivity contribution in [1.29, 1.82) is 0 Å². The number of hydrogen-bond donors (Lipinski definition) is 1. The van der Waals surface area contributed by atoms with Crippen molar-refractivity contribution in [1.82, 2.24) is 0 Å². The molecule has 0 saturated heterocycles. The van der Waals surface area contributed by atoms with Crippen LogP contribution in [0, 0.1) is 6.92 Å². The number of carbonyl (C=O) groups is 2. The molecule has 0 atom stereocenters. The van der Waals surface area contributed by atoms with E-state index in [9.17, 15) is 9.59 Å². The van der Waals surface area contributed by atoms with Gasteiger partial charge in [0.1, 0.15) is 5.75 Å². The van der Waals surface area contributed by atoms with Crippen LogP contribution in [-0.2, 0) is 9.53 Å². The number of halogens is 3. The average Bonchev–Trinajstić information content (AvgIpc) is 2.58. The molecule has 0 aliphatic rings. The molecule has 2 aromatic carbocycles. The number of benzene rings is 2. The molecule has 5 nitrogen and oxygen atoms in total. The van der Waals surface area contributed by atoms with E-state index in [0.717, 1.165) is 5.56 Å². The third kappa shape index (κ3) is 4.78. The number of methoxy groups -OCH3 is 1. The van der Waals surface area contributed by atoms with Gasteiger partial charge in [-0.1, -0.05) is 40.9 Å². The summed E-state index contributed by atoms with van der Waals surface area (Å²) in [6.07, 6.45) is 0. The number of nitrogens with one attached hydrogen (secondary N) is 1. The maximum Gasteiger partial charge on any atom is 0.340 e. The van der Waals surface area contributed by atoms with Crippen molar-refractivity contribution in [3.05, 3.63) is 56.5 Å². The molecule has 25 heavy (non-hydrogen) atoms. The van der Waals surface area contributed by atoms with Crippen LogP contribution in [0.25, 0.3) is 0 Å². The zero-order chi connectivity index (χ0) is 18.6. The molecule has 0 aliphatic heterocycles. The number of rotatable bonds is 5. The van der Waals surface area contributed by atoms with E-state index < -0.39 is 18.5 Å². The van der Waals surface area contributed by atoms with Crippen LogP contribution in [-0.4, -0.2) is 25.6 Å². The van der Waals surface area contributed by atoms with Gasteiger partial charge >= 0.3 is 5.97 Å². The minimum Gasteiger partial charge on any atom is -0.495 e. The Morgan fingerprint density at radius 1 is 1.12 bits per heavy atom. The van der Waals surface area contributed by atoms with Gasteiger partial charge in [0, 0.05) is 11.1 Å². The third-order valence-electron chi connectivity index (χ3n) is 3.26. The van der Waals surface area contributed by atoms with Crippen LogP contribution in [0.3, 0.4) is 0 Å². The summed E-state index contributed by atoms with van der Waals surface area (Å²) in [4.78, 5) is 24.0. The van der Waals surface area contributed by atoms with Gasteiger partial charge in [-0.15, -0.1) is 0 Å². The largest absolute Gasteiger partial charge is 0.495 e. The quantitative estimate of drug-likeness (QED) is 0.732. The molecule has 0 fully saturated rings. The second-order valence-electron chi connectivity index (χ2n) is 5.03. The number of amides is 1. The first-order chi connectivity index (χ1) is 11.8. The summed E-state index contributed by atoms with van der Waals surface area (Å²) in [5, 5.41) is 3.41. The molecule has 8 heteroatoms. The number of esters is 1. The number of carbonyl (C=O) groups excluding carboxylic acids is 2. The number of ether oxygens (including phenoxy) is 2. The lowest BCUT2D eigenvalue weighted by atomic mass is 10.2. The molecule has 0 aliphatic carbocycles. The Balaban J connectivity index is 2.03. The number of aryl methyl sites for hydroxylation is 1. The first-order valence-corrected chi connectivity index (χ1v) is 8.22. The van der Waals surface area contributed by atoms with Crippen molar-refractivity contribution in [2.24, 2.45) is 0 Å². The van der Waals surface area contributed by atoms with E-state index in [1.54, 1.807) is 31.2 Å². The lowest BCUT2D eigenvalue weighted by Gasteiger charge is -2.12. The highest BCUT2D eigenvalue weighted by Crippen LogP contribution is 2.31. The van der Waals surface area contributed by atoms with Crippen molar-refractivity contribution in [3.63, 3.8) is 0 Å². The molecule has 1 amide bonds. The highest BCUT2D eigenvalue weighted by atomic mass is 35.5. The Morgan fingerprint density at radius 3 is 2.52 bits per heavy atom. The summed E-state index contributed by atoms with van der Waals surface area (Å²) in [6, 6.07) is 7.81. The van der Waals surface area contributed by atoms with Gasteiger partial charge in [0.15, 0.2) is 6.61 Å². The molecule has 0 bridgehead atoms. The Kier molecular flexibility index (Phi) is 6.53. The monoisotopic (exact) mass is 401 g/mol. The molecule has 2 rings (SSSR count). The second kappa shape index (κ2) is 8.43. The van der Waals surface area contributed by atoms with Crippen molar-refractivity contribution in [3.8, 4) is 5.75 Å². The topological polar surface area (TPSA) is 64.6 Å². The fourth-order valence-corrected chi connectivity index (χ4v) is 2.52. The molecule has 0 unspecified atom stereocenters. The highest BCUT2D eigenvalue weighted by molar-refractivity contribution is 6.43. The first kappa shape index (κ1) is 19.4. The van der Waals surface area contributed by atoms with E-state index >= 15 is 0 Å². The van der Waals surface area contributed by atoms with Crippen LogP contribution in [0.15, 0.2) is 30.3 Å². The van der Waals surface area contributed by atoms with Crippen LogP contribution < -0.4 is 10.1 Å². The molecule has 0 spiro atoms. The van der Waals surface area contributed by atoms with Gasteiger partial charge in [-0.3, -0.25) is 4.79 Å². The van der Waals surface area contributed by atoms with Gasteiger partial charge in [-0.25, -0.2) is 4.79 Å². The molecule has 132 valence electrons. The van der Waals surface area contributed by atoms with E-state index in [2.05, 4.69) is 5.32 Å². The minimum atomic E-state index is -0.748. The second-order valence-corrected chi connectivity index (χ2v) is 6.22. The molecule has 1 N–H and O–H groups in total. The van der Waals surface area contributed by atoms with Crippen molar-refractivity contribution < 1.29 is 19.1 Å². The Hall–Kier alpha value is -1.95. The average molecular weight is 403 g/mol. The van der Waals surface area contributed by atoms with Gasteiger partial charge in [-0.2, -0.15) is 0 Å². The maximum atomic E-state index is 12.0. The lowest BCUT2D eigenvalue weighted by Crippen LogP contribution is -2.21. The van der Waals surface area contributed by atoms with Crippen LogP contribution >= 0.6 is 34.8 Å². The van der Waals surface area contributed by atoms with Crippen molar-refractivity contribution in [2.75, 3.05) is 19.0 Å². The summed E-state index contributed by atoms with van der Waals surface area (Å²) in [7, 11) is 1.46. The standard InChI is InChI=1S/C17H14Cl3NO4/c1-9-6-13(14(24-2)7-12(9)19)21-15(22)8-25-17(23)10-4-3-5-11(18)16(10)20/h3-7H,8H2,1-2H3,(H,21,22). The van der Waals surface area contributed by atoms with Crippen LogP contribution in [0.2, 0.25) is 15.1 Å². The normalized spacial score (nSPS) is 10.3. The predicted octanol–water partition coefficient (Wildman–Crippen LogP) is 4.76. The summed E-state index contributed by atoms with van der Waals surface area (Å²) in [5.74, 6) is -0.887. The molecule has 2 aromatic rings. The summed E-state index contributed by atoms with van der Waals surface area (Å²) >= 11 is 17.8.